The molecule has 0 saturated heterocycles. The largest absolute Gasteiger partial charge is 0.385 e. The van der Waals surface area contributed by atoms with Gasteiger partial charge in [0.25, 0.3) is 0 Å². The normalized spacial score (nSPS) is 11.9. The Kier molecular flexibility index (Phi) is 6.31. The van der Waals surface area contributed by atoms with Crippen LogP contribution in [0.3, 0.4) is 0 Å². The molecule has 0 aromatic carbocycles. The van der Waals surface area contributed by atoms with Gasteiger partial charge in [-0.2, -0.15) is 9.40 Å². The number of rotatable bonds is 8. The fourth-order valence-corrected chi connectivity index (χ4v) is 3.31. The van der Waals surface area contributed by atoms with Crippen LogP contribution in [0.5, 0.6) is 0 Å². The maximum absolute atomic E-state index is 12.4. The van der Waals surface area contributed by atoms with Gasteiger partial charge in [0.05, 0.1) is 17.9 Å². The van der Waals surface area contributed by atoms with E-state index in [0.29, 0.717) is 31.0 Å². The molecule has 1 amide bonds. The molecule has 0 unspecified atom stereocenters. The first-order valence-corrected chi connectivity index (χ1v) is 7.98. The molecule has 0 fully saturated rings. The quantitative estimate of drug-likeness (QED) is 0.646. The number of H-pyrrole nitrogens is 1. The van der Waals surface area contributed by atoms with E-state index in [1.807, 2.05) is 0 Å². The minimum atomic E-state index is -3.73. The predicted octanol–water partition coefficient (Wildman–Crippen LogP) is -0.200. The molecule has 0 atom stereocenters. The van der Waals surface area contributed by atoms with Crippen molar-refractivity contribution in [2.45, 2.75) is 25.2 Å². The second-order valence-electron chi connectivity index (χ2n) is 4.72. The molecule has 120 valence electrons. The lowest BCUT2D eigenvalue weighted by Crippen LogP contribution is -2.39. The molecule has 0 saturated carbocycles. The third kappa shape index (κ3) is 4.51. The molecule has 0 radical (unpaired) electrons. The molecular weight excluding hydrogens is 296 g/mol. The highest BCUT2D eigenvalue weighted by atomic mass is 32.2. The predicted molar refractivity (Wildman–Crippen MR) is 77.4 cm³/mol. The Morgan fingerprint density at radius 1 is 1.43 bits per heavy atom. The molecule has 2 N–H and O–H groups in total. The first-order chi connectivity index (χ1) is 9.80. The lowest BCUT2D eigenvalue weighted by molar-refractivity contribution is -0.121. The van der Waals surface area contributed by atoms with Crippen molar-refractivity contribution in [2.24, 2.45) is 0 Å². The molecule has 8 nitrogen and oxygen atoms in total. The van der Waals surface area contributed by atoms with Gasteiger partial charge in [-0.1, -0.05) is 0 Å². The third-order valence-electron chi connectivity index (χ3n) is 2.94. The van der Waals surface area contributed by atoms with Crippen molar-refractivity contribution in [1.82, 2.24) is 19.8 Å². The topological polar surface area (TPSA) is 104 Å². The van der Waals surface area contributed by atoms with Gasteiger partial charge in [0, 0.05) is 27.3 Å². The first kappa shape index (κ1) is 17.6. The summed E-state index contributed by atoms with van der Waals surface area (Å²) in [4.78, 5) is 11.8. The van der Waals surface area contributed by atoms with E-state index in [0.717, 1.165) is 4.31 Å². The van der Waals surface area contributed by atoms with Gasteiger partial charge >= 0.3 is 0 Å². The molecule has 1 rings (SSSR count). The Bertz CT molecular complexity index is 563. The average Bonchev–Trinajstić information content (AvgIpc) is 2.74. The molecule has 0 aliphatic rings. The number of aromatic amines is 1. The zero-order valence-electron chi connectivity index (χ0n) is 12.8. The summed E-state index contributed by atoms with van der Waals surface area (Å²) in [6.07, 6.45) is 0.679. The summed E-state index contributed by atoms with van der Waals surface area (Å²) >= 11 is 0. The minimum absolute atomic E-state index is 0.122. The summed E-state index contributed by atoms with van der Waals surface area (Å²) in [6, 6.07) is 0. The lowest BCUT2D eigenvalue weighted by Gasteiger charge is -2.17. The summed E-state index contributed by atoms with van der Waals surface area (Å²) in [7, 11) is -0.781. The van der Waals surface area contributed by atoms with Crippen LogP contribution >= 0.6 is 0 Å². The first-order valence-electron chi connectivity index (χ1n) is 6.54. The van der Waals surface area contributed by atoms with Crippen LogP contribution in [-0.4, -0.2) is 62.7 Å². The smallest absolute Gasteiger partial charge is 0.246 e. The van der Waals surface area contributed by atoms with E-state index >= 15 is 0 Å². The summed E-state index contributed by atoms with van der Waals surface area (Å²) < 4.78 is 30.7. The van der Waals surface area contributed by atoms with Gasteiger partial charge in [-0.3, -0.25) is 9.89 Å². The van der Waals surface area contributed by atoms with Gasteiger partial charge in [-0.25, -0.2) is 8.42 Å². The highest BCUT2D eigenvalue weighted by Crippen LogP contribution is 2.20. The summed E-state index contributed by atoms with van der Waals surface area (Å²) in [5.41, 5.74) is 0.847. The number of nitrogens with one attached hydrogen (secondary N) is 2. The number of aromatic nitrogens is 2. The van der Waals surface area contributed by atoms with E-state index in [1.54, 1.807) is 21.0 Å². The zero-order valence-corrected chi connectivity index (χ0v) is 13.6. The number of sulfonamides is 1. The van der Waals surface area contributed by atoms with E-state index in [2.05, 4.69) is 15.5 Å². The molecule has 0 aliphatic heterocycles. The molecule has 1 heterocycles. The molecule has 0 aliphatic carbocycles. The van der Waals surface area contributed by atoms with Crippen molar-refractivity contribution in [2.75, 3.05) is 33.9 Å². The van der Waals surface area contributed by atoms with E-state index in [4.69, 9.17) is 4.74 Å². The Hall–Kier alpha value is -1.45. The molecule has 9 heteroatoms. The van der Waals surface area contributed by atoms with Crippen LogP contribution in [0.2, 0.25) is 0 Å². The van der Waals surface area contributed by atoms with Crippen LogP contribution in [0.25, 0.3) is 0 Å². The standard InChI is InChI=1S/C12H22N4O4S/c1-9-12(10(2)15-14-9)21(18,19)16(3)8-11(17)13-6-5-7-20-4/h5-8H2,1-4H3,(H,13,17)(H,14,15). The SMILES string of the molecule is COCCCNC(=O)CN(C)S(=O)(=O)c1c(C)n[nH]c1C. The molecular formula is C12H22N4O4S. The van der Waals surface area contributed by atoms with Crippen LogP contribution in [0.4, 0.5) is 0 Å². The molecule has 21 heavy (non-hydrogen) atoms. The van der Waals surface area contributed by atoms with E-state index < -0.39 is 10.0 Å². The van der Waals surface area contributed by atoms with Gasteiger partial charge < -0.3 is 10.1 Å². The second kappa shape index (κ2) is 7.53. The van der Waals surface area contributed by atoms with Crippen LogP contribution in [0.15, 0.2) is 4.90 Å². The van der Waals surface area contributed by atoms with Gasteiger partial charge in [0.15, 0.2) is 0 Å². The van der Waals surface area contributed by atoms with Crippen molar-refractivity contribution in [3.8, 4) is 0 Å². The van der Waals surface area contributed by atoms with Crippen LogP contribution in [0.1, 0.15) is 17.8 Å². The second-order valence-corrected chi connectivity index (χ2v) is 6.70. The molecule has 1 aromatic heterocycles. The highest BCUT2D eigenvalue weighted by Gasteiger charge is 2.28. The maximum Gasteiger partial charge on any atom is 0.246 e. The number of likely N-dealkylation sites (N-methyl/N-ethyl adjacent to an activating group) is 1. The van der Waals surface area contributed by atoms with Crippen LogP contribution in [0, 0.1) is 13.8 Å². The summed E-state index contributed by atoms with van der Waals surface area (Å²) in [5.74, 6) is -0.351. The van der Waals surface area contributed by atoms with E-state index in [9.17, 15) is 13.2 Å². The van der Waals surface area contributed by atoms with Gasteiger partial charge in [-0.05, 0) is 20.3 Å². The Morgan fingerprint density at radius 3 is 2.62 bits per heavy atom. The Balaban J connectivity index is 2.66. The average molecular weight is 318 g/mol. The summed E-state index contributed by atoms with van der Waals surface area (Å²) in [6.45, 7) is 3.99. The van der Waals surface area contributed by atoms with Crippen molar-refractivity contribution in [3.05, 3.63) is 11.4 Å². The van der Waals surface area contributed by atoms with Crippen LogP contribution < -0.4 is 5.32 Å². The molecule has 1 aromatic rings. The fourth-order valence-electron chi connectivity index (χ4n) is 1.86. The number of carbonyl (C=O) groups excluding carboxylic acids is 1. The Labute approximate surface area is 124 Å². The van der Waals surface area contributed by atoms with Crippen molar-refractivity contribution >= 4 is 15.9 Å². The van der Waals surface area contributed by atoms with Gasteiger partial charge in [0.2, 0.25) is 15.9 Å². The Morgan fingerprint density at radius 2 is 2.10 bits per heavy atom. The number of nitrogens with zero attached hydrogens (tertiary/aromatic N) is 2. The monoisotopic (exact) mass is 318 g/mol. The van der Waals surface area contributed by atoms with Gasteiger partial charge in [0.1, 0.15) is 4.90 Å². The maximum atomic E-state index is 12.4. The number of amides is 1. The lowest BCUT2D eigenvalue weighted by atomic mass is 10.4. The highest BCUT2D eigenvalue weighted by molar-refractivity contribution is 7.89. The number of methoxy groups -OCH3 is 1. The third-order valence-corrected chi connectivity index (χ3v) is 5.01. The number of carbonyl (C=O) groups is 1. The molecule has 0 spiro atoms. The summed E-state index contributed by atoms with van der Waals surface area (Å²) in [5, 5.41) is 9.14. The fraction of sp³-hybridized carbons (Fsp3) is 0.667. The van der Waals surface area contributed by atoms with Crippen molar-refractivity contribution < 1.29 is 17.9 Å². The van der Waals surface area contributed by atoms with E-state index in [1.165, 1.54) is 7.05 Å². The minimum Gasteiger partial charge on any atom is -0.385 e. The van der Waals surface area contributed by atoms with Crippen LogP contribution in [-0.2, 0) is 19.6 Å². The number of ether oxygens (including phenoxy) is 1. The number of hydrogen-bond acceptors (Lipinski definition) is 5. The van der Waals surface area contributed by atoms with Gasteiger partial charge in [-0.15, -0.1) is 0 Å². The van der Waals surface area contributed by atoms with Crippen molar-refractivity contribution in [1.29, 1.82) is 0 Å². The number of aryl methyl sites for hydroxylation is 2. The van der Waals surface area contributed by atoms with Crippen molar-refractivity contribution in [3.63, 3.8) is 0 Å². The van der Waals surface area contributed by atoms with E-state index in [-0.39, 0.29) is 17.3 Å². The molecule has 0 bridgehead atoms. The number of hydrogen-bond donors (Lipinski definition) is 2. The zero-order chi connectivity index (χ0) is 16.0.